The van der Waals surface area contributed by atoms with Gasteiger partial charge in [0.05, 0.1) is 39.6 Å². The Hall–Kier alpha value is -2.67. The molecule has 0 aliphatic rings. The van der Waals surface area contributed by atoms with Gasteiger partial charge in [0.2, 0.25) is 5.91 Å². The molecule has 0 radical (unpaired) electrons. The number of carbonyl (C=O) groups is 1. The normalized spacial score (nSPS) is 14.2. The third-order valence-electron chi connectivity index (χ3n) is 5.03. The highest BCUT2D eigenvalue weighted by molar-refractivity contribution is 5.76. The van der Waals surface area contributed by atoms with Gasteiger partial charge in [-0.2, -0.15) is 0 Å². The van der Waals surface area contributed by atoms with Gasteiger partial charge >= 0.3 is 0 Å². The van der Waals surface area contributed by atoms with Crippen LogP contribution >= 0.6 is 0 Å². The molecule has 174 valence electrons. The molecule has 0 unspecified atom stereocenters. The number of nitrogens with zero attached hydrogens (tertiary/aromatic N) is 1. The lowest BCUT2D eigenvalue weighted by atomic mass is 9.86. The first-order valence-corrected chi connectivity index (χ1v) is 10.7. The summed E-state index contributed by atoms with van der Waals surface area (Å²) in [6.07, 6.45) is 3.05. The number of benzene rings is 2. The Labute approximate surface area is 191 Å². The number of aliphatic hydroxyl groups is 1. The Kier molecular flexibility index (Phi) is 10.4. The van der Waals surface area contributed by atoms with Crippen LogP contribution in [-0.4, -0.2) is 56.4 Å². The maximum Gasteiger partial charge on any atom is 0.223 e. The molecular formula is C26H35NO5. The topological polar surface area (TPSA) is 68.2 Å². The van der Waals surface area contributed by atoms with E-state index >= 15 is 0 Å². The molecule has 0 heterocycles. The number of rotatable bonds is 13. The van der Waals surface area contributed by atoms with Crippen molar-refractivity contribution >= 4 is 5.91 Å². The van der Waals surface area contributed by atoms with Crippen LogP contribution in [0.4, 0.5) is 0 Å². The van der Waals surface area contributed by atoms with Gasteiger partial charge in [-0.25, -0.2) is 0 Å². The highest BCUT2D eigenvalue weighted by Crippen LogP contribution is 2.26. The predicted molar refractivity (Wildman–Crippen MR) is 125 cm³/mol. The van der Waals surface area contributed by atoms with Crippen molar-refractivity contribution in [3.05, 3.63) is 77.9 Å². The summed E-state index contributed by atoms with van der Waals surface area (Å²) in [5.74, 6) is 0.795. The van der Waals surface area contributed by atoms with Crippen molar-refractivity contribution in [2.75, 3.05) is 34.4 Å². The van der Waals surface area contributed by atoms with E-state index in [0.29, 0.717) is 19.8 Å². The minimum Gasteiger partial charge on any atom is -0.497 e. The van der Waals surface area contributed by atoms with E-state index in [1.165, 1.54) is 0 Å². The van der Waals surface area contributed by atoms with Crippen molar-refractivity contribution in [3.8, 4) is 5.75 Å². The van der Waals surface area contributed by atoms with Crippen LogP contribution in [0.2, 0.25) is 0 Å². The fraction of sp³-hybridized carbons (Fsp3) is 0.423. The summed E-state index contributed by atoms with van der Waals surface area (Å²) < 4.78 is 16.7. The highest BCUT2D eigenvalue weighted by Gasteiger charge is 2.26. The Balaban J connectivity index is 1.89. The molecule has 2 aromatic rings. The molecule has 0 saturated heterocycles. The number of hydrogen-bond acceptors (Lipinski definition) is 5. The average molecular weight is 442 g/mol. The number of aliphatic hydroxyl groups excluding tert-OH is 1. The van der Waals surface area contributed by atoms with Crippen LogP contribution in [0.5, 0.6) is 5.75 Å². The van der Waals surface area contributed by atoms with Crippen LogP contribution in [0.3, 0.4) is 0 Å². The molecule has 0 aliphatic heterocycles. The van der Waals surface area contributed by atoms with Crippen LogP contribution < -0.4 is 4.74 Å². The Morgan fingerprint density at radius 1 is 1.03 bits per heavy atom. The molecule has 0 fully saturated rings. The van der Waals surface area contributed by atoms with Crippen molar-refractivity contribution in [2.45, 2.75) is 32.7 Å². The summed E-state index contributed by atoms with van der Waals surface area (Å²) in [5.41, 5.74) is 1.52. The summed E-state index contributed by atoms with van der Waals surface area (Å²) in [6, 6.07) is 17.5. The molecule has 32 heavy (non-hydrogen) atoms. The van der Waals surface area contributed by atoms with Crippen molar-refractivity contribution in [2.24, 2.45) is 5.41 Å². The van der Waals surface area contributed by atoms with Crippen molar-refractivity contribution in [3.63, 3.8) is 0 Å². The summed E-state index contributed by atoms with van der Waals surface area (Å²) in [7, 11) is 5.10. The minimum atomic E-state index is -0.781. The smallest absolute Gasteiger partial charge is 0.223 e. The first kappa shape index (κ1) is 25.6. The Morgan fingerprint density at radius 3 is 2.28 bits per heavy atom. The SMILES string of the molecule is COc1ccc(COC[C@H](O)/C=C/[C@@](C)(COCc2ccccc2)CC(=O)N(C)C)cc1. The summed E-state index contributed by atoms with van der Waals surface area (Å²) in [6.45, 7) is 3.34. The predicted octanol–water partition coefficient (Wildman–Crippen LogP) is 3.83. The molecule has 1 amide bonds. The molecule has 0 bridgehead atoms. The van der Waals surface area contributed by atoms with Gasteiger partial charge in [-0.1, -0.05) is 61.5 Å². The molecule has 0 aliphatic carbocycles. The Morgan fingerprint density at radius 2 is 1.66 bits per heavy atom. The molecule has 0 aromatic heterocycles. The number of ether oxygens (including phenoxy) is 3. The molecule has 0 saturated carbocycles. The van der Waals surface area contributed by atoms with Crippen LogP contribution in [0.15, 0.2) is 66.7 Å². The standard InChI is InChI=1S/C26H35NO5/c1-26(16-25(29)27(2)3,20-32-18-21-8-6-5-7-9-21)15-14-23(28)19-31-17-22-10-12-24(30-4)13-11-22/h5-15,23,28H,16-20H2,1-4H3/b15-14+/t23-,26-/m1/s1. The van der Waals surface area contributed by atoms with E-state index in [9.17, 15) is 9.90 Å². The average Bonchev–Trinajstić information content (AvgIpc) is 2.79. The van der Waals surface area contributed by atoms with Crippen molar-refractivity contribution in [1.29, 1.82) is 0 Å². The van der Waals surface area contributed by atoms with E-state index in [0.717, 1.165) is 16.9 Å². The number of methoxy groups -OCH3 is 1. The number of amides is 1. The molecule has 2 atom stereocenters. The van der Waals surface area contributed by atoms with Gasteiger partial charge in [0, 0.05) is 25.9 Å². The number of carbonyl (C=O) groups excluding carboxylic acids is 1. The fourth-order valence-corrected chi connectivity index (χ4v) is 3.06. The molecule has 2 aromatic carbocycles. The molecular weight excluding hydrogens is 406 g/mol. The van der Waals surface area contributed by atoms with E-state index in [1.54, 1.807) is 32.2 Å². The van der Waals surface area contributed by atoms with E-state index in [4.69, 9.17) is 14.2 Å². The van der Waals surface area contributed by atoms with Crippen LogP contribution in [0.1, 0.15) is 24.5 Å². The third kappa shape index (κ3) is 9.22. The highest BCUT2D eigenvalue weighted by atomic mass is 16.5. The van der Waals surface area contributed by atoms with E-state index in [1.807, 2.05) is 67.6 Å². The van der Waals surface area contributed by atoms with Crippen molar-refractivity contribution in [1.82, 2.24) is 4.90 Å². The maximum absolute atomic E-state index is 12.4. The minimum absolute atomic E-state index is 0.00528. The molecule has 0 spiro atoms. The quantitative estimate of drug-likeness (QED) is 0.479. The molecule has 1 N–H and O–H groups in total. The lowest BCUT2D eigenvalue weighted by molar-refractivity contribution is -0.131. The van der Waals surface area contributed by atoms with E-state index in [2.05, 4.69) is 0 Å². The lowest BCUT2D eigenvalue weighted by Crippen LogP contribution is -2.31. The summed E-state index contributed by atoms with van der Waals surface area (Å²) in [5, 5.41) is 10.4. The first-order valence-electron chi connectivity index (χ1n) is 10.7. The van der Waals surface area contributed by atoms with Gasteiger partial charge < -0.3 is 24.2 Å². The second-order valence-electron chi connectivity index (χ2n) is 8.39. The summed E-state index contributed by atoms with van der Waals surface area (Å²) in [4.78, 5) is 13.9. The van der Waals surface area contributed by atoms with E-state index < -0.39 is 11.5 Å². The van der Waals surface area contributed by atoms with Crippen LogP contribution in [0, 0.1) is 5.41 Å². The second-order valence-corrected chi connectivity index (χ2v) is 8.39. The van der Waals surface area contributed by atoms with Gasteiger partial charge in [-0.15, -0.1) is 0 Å². The van der Waals surface area contributed by atoms with Gasteiger partial charge in [-0.3, -0.25) is 4.79 Å². The lowest BCUT2D eigenvalue weighted by Gasteiger charge is -2.27. The monoisotopic (exact) mass is 441 g/mol. The van der Waals surface area contributed by atoms with Gasteiger partial charge in [0.25, 0.3) is 0 Å². The fourth-order valence-electron chi connectivity index (χ4n) is 3.06. The second kappa shape index (κ2) is 13.0. The molecule has 6 heteroatoms. The zero-order chi connectivity index (χ0) is 23.4. The maximum atomic E-state index is 12.4. The first-order chi connectivity index (χ1) is 15.3. The third-order valence-corrected chi connectivity index (χ3v) is 5.03. The van der Waals surface area contributed by atoms with Crippen molar-refractivity contribution < 1.29 is 24.1 Å². The summed E-state index contributed by atoms with van der Waals surface area (Å²) >= 11 is 0. The van der Waals surface area contributed by atoms with Crippen LogP contribution in [-0.2, 0) is 27.5 Å². The van der Waals surface area contributed by atoms with Gasteiger partial charge in [0.1, 0.15) is 5.75 Å². The van der Waals surface area contributed by atoms with Gasteiger partial charge in [0.15, 0.2) is 0 Å². The van der Waals surface area contributed by atoms with E-state index in [-0.39, 0.29) is 18.9 Å². The molecule has 2 rings (SSSR count). The number of hydrogen-bond donors (Lipinski definition) is 1. The largest absolute Gasteiger partial charge is 0.497 e. The van der Waals surface area contributed by atoms with Gasteiger partial charge in [-0.05, 0) is 23.3 Å². The zero-order valence-electron chi connectivity index (χ0n) is 19.5. The Bertz CT molecular complexity index is 835. The molecule has 6 nitrogen and oxygen atoms in total. The zero-order valence-corrected chi connectivity index (χ0v) is 19.5. The van der Waals surface area contributed by atoms with Crippen LogP contribution in [0.25, 0.3) is 0 Å².